The van der Waals surface area contributed by atoms with Crippen LogP contribution in [0.2, 0.25) is 0 Å². The van der Waals surface area contributed by atoms with Crippen molar-refractivity contribution in [3.63, 3.8) is 0 Å². The van der Waals surface area contributed by atoms with Crippen LogP contribution in [0.3, 0.4) is 0 Å². The molecule has 2 rings (SSSR count). The highest BCUT2D eigenvalue weighted by molar-refractivity contribution is 6.59. The molecule has 2 N–H and O–H groups in total. The Hall–Kier alpha value is -0.945. The average molecular weight is 281 g/mol. The van der Waals surface area contributed by atoms with Gasteiger partial charge in [0.2, 0.25) is 0 Å². The molecule has 1 unspecified atom stereocenters. The van der Waals surface area contributed by atoms with Crippen molar-refractivity contribution in [1.29, 1.82) is 0 Å². The Morgan fingerprint density at radius 1 is 1.45 bits per heavy atom. The van der Waals surface area contributed by atoms with Crippen LogP contribution in [-0.4, -0.2) is 47.9 Å². The largest absolute Gasteiger partial charge is 0.488 e. The Morgan fingerprint density at radius 3 is 2.85 bits per heavy atom. The SMILES string of the molecule is CCN(Cc1ccc(F)cc1B(O)O)CC1CCCO1. The van der Waals surface area contributed by atoms with Crippen LogP contribution in [0.1, 0.15) is 25.3 Å². The highest BCUT2D eigenvalue weighted by Crippen LogP contribution is 2.15. The van der Waals surface area contributed by atoms with Gasteiger partial charge in [-0.1, -0.05) is 13.0 Å². The number of nitrogens with zero attached hydrogens (tertiary/aromatic N) is 1. The lowest BCUT2D eigenvalue weighted by Crippen LogP contribution is -2.38. The van der Waals surface area contributed by atoms with Gasteiger partial charge in [0.25, 0.3) is 0 Å². The molecule has 0 radical (unpaired) electrons. The number of hydrogen-bond acceptors (Lipinski definition) is 4. The van der Waals surface area contributed by atoms with Crippen LogP contribution in [0.25, 0.3) is 0 Å². The van der Waals surface area contributed by atoms with Gasteiger partial charge in [0.05, 0.1) is 6.10 Å². The van der Waals surface area contributed by atoms with Crippen molar-refractivity contribution in [3.05, 3.63) is 29.6 Å². The molecule has 20 heavy (non-hydrogen) atoms. The first-order chi connectivity index (χ1) is 9.60. The molecule has 1 saturated heterocycles. The van der Waals surface area contributed by atoms with Gasteiger partial charge in [0, 0.05) is 19.7 Å². The highest BCUT2D eigenvalue weighted by Gasteiger charge is 2.21. The van der Waals surface area contributed by atoms with Gasteiger partial charge in [-0.05, 0) is 42.5 Å². The average Bonchev–Trinajstić information content (AvgIpc) is 2.92. The van der Waals surface area contributed by atoms with E-state index in [0.717, 1.165) is 38.1 Å². The van der Waals surface area contributed by atoms with Crippen molar-refractivity contribution < 1.29 is 19.2 Å². The van der Waals surface area contributed by atoms with Gasteiger partial charge in [0.1, 0.15) is 5.82 Å². The molecule has 1 aliphatic heterocycles. The number of benzene rings is 1. The molecule has 110 valence electrons. The van der Waals surface area contributed by atoms with Crippen molar-refractivity contribution in [2.24, 2.45) is 0 Å². The maximum atomic E-state index is 13.2. The molecule has 0 amide bonds. The molecule has 1 aromatic carbocycles. The Bertz CT molecular complexity index is 438. The summed E-state index contributed by atoms with van der Waals surface area (Å²) in [5.41, 5.74) is 0.969. The van der Waals surface area contributed by atoms with Crippen LogP contribution >= 0.6 is 0 Å². The van der Waals surface area contributed by atoms with Crippen LogP contribution < -0.4 is 5.46 Å². The Balaban J connectivity index is 2.06. The first-order valence-corrected chi connectivity index (χ1v) is 7.08. The summed E-state index contributed by atoms with van der Waals surface area (Å²) in [5.74, 6) is -0.459. The zero-order valence-electron chi connectivity index (χ0n) is 11.8. The number of hydrogen-bond donors (Lipinski definition) is 2. The third-order valence-electron chi connectivity index (χ3n) is 3.71. The number of ether oxygens (including phenoxy) is 1. The molecular formula is C14H21BFNO3. The van der Waals surface area contributed by atoms with E-state index in [1.54, 1.807) is 6.07 Å². The summed E-state index contributed by atoms with van der Waals surface area (Å²) in [4.78, 5) is 2.18. The number of likely N-dealkylation sites (N-methyl/N-ethyl adjacent to an activating group) is 1. The van der Waals surface area contributed by atoms with Crippen molar-refractivity contribution in [2.75, 3.05) is 19.7 Å². The van der Waals surface area contributed by atoms with E-state index in [0.29, 0.717) is 6.54 Å². The molecule has 1 atom stereocenters. The van der Waals surface area contributed by atoms with Gasteiger partial charge in [-0.25, -0.2) is 4.39 Å². The van der Waals surface area contributed by atoms with Gasteiger partial charge in [-0.2, -0.15) is 0 Å². The summed E-state index contributed by atoms with van der Waals surface area (Å²) in [7, 11) is -1.65. The van der Waals surface area contributed by atoms with Gasteiger partial charge in [-0.15, -0.1) is 0 Å². The van der Waals surface area contributed by atoms with E-state index in [4.69, 9.17) is 4.74 Å². The van der Waals surface area contributed by atoms with Crippen LogP contribution in [0.4, 0.5) is 4.39 Å². The van der Waals surface area contributed by atoms with Gasteiger partial charge in [-0.3, -0.25) is 4.90 Å². The fourth-order valence-corrected chi connectivity index (χ4v) is 2.57. The second-order valence-electron chi connectivity index (χ2n) is 5.18. The molecule has 1 fully saturated rings. The summed E-state index contributed by atoms with van der Waals surface area (Å²) in [5, 5.41) is 18.7. The first-order valence-electron chi connectivity index (χ1n) is 7.08. The molecule has 0 spiro atoms. The highest BCUT2D eigenvalue weighted by atomic mass is 19.1. The standard InChI is InChI=1S/C14H21BFNO3/c1-2-17(10-13-4-3-7-20-13)9-11-5-6-12(16)8-14(11)15(18)19/h5-6,8,13,18-19H,2-4,7,9-10H2,1H3. The molecule has 0 saturated carbocycles. The third-order valence-corrected chi connectivity index (χ3v) is 3.71. The van der Waals surface area contributed by atoms with E-state index in [1.807, 2.05) is 6.92 Å². The molecule has 0 aromatic heterocycles. The minimum atomic E-state index is -1.65. The number of rotatable bonds is 6. The van der Waals surface area contributed by atoms with Crippen LogP contribution in [0, 0.1) is 5.82 Å². The zero-order chi connectivity index (χ0) is 14.5. The normalized spacial score (nSPS) is 18.8. The minimum Gasteiger partial charge on any atom is -0.423 e. The maximum Gasteiger partial charge on any atom is 0.488 e. The summed E-state index contributed by atoms with van der Waals surface area (Å²) in [6, 6.07) is 4.14. The molecule has 0 bridgehead atoms. The lowest BCUT2D eigenvalue weighted by atomic mass is 9.77. The molecule has 1 aromatic rings. The van der Waals surface area contributed by atoms with E-state index in [2.05, 4.69) is 4.90 Å². The predicted molar refractivity (Wildman–Crippen MR) is 76.2 cm³/mol. The second kappa shape index (κ2) is 7.17. The zero-order valence-corrected chi connectivity index (χ0v) is 11.8. The van der Waals surface area contributed by atoms with E-state index in [9.17, 15) is 14.4 Å². The van der Waals surface area contributed by atoms with Gasteiger partial charge in [0.15, 0.2) is 0 Å². The topological polar surface area (TPSA) is 52.9 Å². The Labute approximate surface area is 119 Å². The second-order valence-corrected chi connectivity index (χ2v) is 5.18. The summed E-state index contributed by atoms with van der Waals surface area (Å²) in [6.45, 7) is 5.07. The minimum absolute atomic E-state index is 0.232. The smallest absolute Gasteiger partial charge is 0.423 e. The van der Waals surface area contributed by atoms with E-state index in [-0.39, 0.29) is 11.6 Å². The van der Waals surface area contributed by atoms with Crippen LogP contribution in [0.5, 0.6) is 0 Å². The number of halogens is 1. The monoisotopic (exact) mass is 281 g/mol. The first kappa shape index (κ1) is 15.4. The van der Waals surface area contributed by atoms with E-state index < -0.39 is 12.9 Å². The maximum absolute atomic E-state index is 13.2. The van der Waals surface area contributed by atoms with Crippen molar-refractivity contribution in [3.8, 4) is 0 Å². The lowest BCUT2D eigenvalue weighted by molar-refractivity contribution is 0.0725. The lowest BCUT2D eigenvalue weighted by Gasteiger charge is -2.24. The molecule has 4 nitrogen and oxygen atoms in total. The van der Waals surface area contributed by atoms with Crippen LogP contribution in [-0.2, 0) is 11.3 Å². The van der Waals surface area contributed by atoms with E-state index >= 15 is 0 Å². The molecular weight excluding hydrogens is 260 g/mol. The van der Waals surface area contributed by atoms with Gasteiger partial charge >= 0.3 is 7.12 Å². The molecule has 0 aliphatic carbocycles. The fourth-order valence-electron chi connectivity index (χ4n) is 2.57. The van der Waals surface area contributed by atoms with Crippen LogP contribution in [0.15, 0.2) is 18.2 Å². The molecule has 1 heterocycles. The third kappa shape index (κ3) is 4.02. The quantitative estimate of drug-likeness (QED) is 0.746. The van der Waals surface area contributed by atoms with Crippen molar-refractivity contribution in [1.82, 2.24) is 4.90 Å². The fraction of sp³-hybridized carbons (Fsp3) is 0.571. The Morgan fingerprint density at radius 2 is 2.25 bits per heavy atom. The Kier molecular flexibility index (Phi) is 5.54. The molecule has 6 heteroatoms. The van der Waals surface area contributed by atoms with E-state index in [1.165, 1.54) is 12.1 Å². The predicted octanol–water partition coefficient (Wildman–Crippen LogP) is 0.506. The summed E-state index contributed by atoms with van der Waals surface area (Å²) < 4.78 is 18.8. The summed E-state index contributed by atoms with van der Waals surface area (Å²) in [6.07, 6.45) is 2.41. The summed E-state index contributed by atoms with van der Waals surface area (Å²) >= 11 is 0. The van der Waals surface area contributed by atoms with Crippen molar-refractivity contribution in [2.45, 2.75) is 32.4 Å². The van der Waals surface area contributed by atoms with Gasteiger partial charge < -0.3 is 14.8 Å². The van der Waals surface area contributed by atoms with Crippen molar-refractivity contribution >= 4 is 12.6 Å². The molecule has 1 aliphatic rings.